The van der Waals surface area contributed by atoms with Gasteiger partial charge in [-0.15, -0.1) is 0 Å². The van der Waals surface area contributed by atoms with E-state index in [9.17, 15) is 9.59 Å². The molecule has 0 radical (unpaired) electrons. The number of amides is 1. The Morgan fingerprint density at radius 3 is 2.53 bits per heavy atom. The zero-order valence-corrected chi connectivity index (χ0v) is 17.4. The first-order valence-electron chi connectivity index (χ1n) is 10.3. The first-order chi connectivity index (χ1) is 15.7. The SMILES string of the molecule is O=C(NCCc1ccc(-n2cccn2)cc1)c1ccc(=O)n(CCOc2ccccc2)n1. The maximum atomic E-state index is 12.5. The van der Waals surface area contributed by atoms with Crippen LogP contribution in [0.1, 0.15) is 16.1 Å². The summed E-state index contributed by atoms with van der Waals surface area (Å²) < 4.78 is 8.64. The standard InChI is InChI=1S/C24H23N5O3/c30-23-12-11-22(27-29(23)17-18-32-21-5-2-1-3-6-21)24(31)25-15-13-19-7-9-20(10-8-19)28-16-4-14-26-28/h1-12,14,16H,13,15,17-18H2,(H,25,31). The van der Waals surface area contributed by atoms with E-state index in [2.05, 4.69) is 15.5 Å². The van der Waals surface area contributed by atoms with Gasteiger partial charge in [-0.3, -0.25) is 9.59 Å². The number of benzene rings is 2. The molecule has 0 saturated heterocycles. The largest absolute Gasteiger partial charge is 0.492 e. The van der Waals surface area contributed by atoms with Crippen molar-refractivity contribution in [3.8, 4) is 11.4 Å². The molecule has 8 nitrogen and oxygen atoms in total. The molecule has 0 atom stereocenters. The number of para-hydroxylation sites is 1. The van der Waals surface area contributed by atoms with Crippen molar-refractivity contribution in [2.45, 2.75) is 13.0 Å². The van der Waals surface area contributed by atoms with Crippen molar-refractivity contribution in [2.75, 3.05) is 13.2 Å². The van der Waals surface area contributed by atoms with Crippen LogP contribution in [0, 0.1) is 0 Å². The molecule has 0 aliphatic carbocycles. The summed E-state index contributed by atoms with van der Waals surface area (Å²) >= 11 is 0. The first-order valence-corrected chi connectivity index (χ1v) is 10.3. The molecule has 0 aliphatic heterocycles. The van der Waals surface area contributed by atoms with Gasteiger partial charge in [-0.2, -0.15) is 10.2 Å². The number of nitrogens with one attached hydrogen (secondary N) is 1. The van der Waals surface area contributed by atoms with Gasteiger partial charge in [0.15, 0.2) is 0 Å². The molecule has 8 heteroatoms. The number of hydrogen-bond acceptors (Lipinski definition) is 5. The second kappa shape index (κ2) is 10.2. The van der Waals surface area contributed by atoms with E-state index >= 15 is 0 Å². The van der Waals surface area contributed by atoms with E-state index < -0.39 is 0 Å². The fraction of sp³-hybridized carbons (Fsp3) is 0.167. The second-order valence-corrected chi connectivity index (χ2v) is 7.06. The van der Waals surface area contributed by atoms with Gasteiger partial charge in [-0.25, -0.2) is 9.36 Å². The highest BCUT2D eigenvalue weighted by Gasteiger charge is 2.09. The summed E-state index contributed by atoms with van der Waals surface area (Å²) in [4.78, 5) is 24.5. The van der Waals surface area contributed by atoms with Crippen LogP contribution in [0.25, 0.3) is 5.69 Å². The van der Waals surface area contributed by atoms with Gasteiger partial charge in [0.05, 0.1) is 12.2 Å². The third-order valence-corrected chi connectivity index (χ3v) is 4.82. The zero-order chi connectivity index (χ0) is 22.2. The van der Waals surface area contributed by atoms with E-state index in [1.165, 1.54) is 16.8 Å². The number of ether oxygens (including phenoxy) is 1. The lowest BCUT2D eigenvalue weighted by atomic mass is 10.1. The molecule has 0 unspecified atom stereocenters. The average molecular weight is 429 g/mol. The van der Waals surface area contributed by atoms with Gasteiger partial charge in [0, 0.05) is 25.0 Å². The Labute approximate surface area is 185 Å². The molecule has 0 bridgehead atoms. The summed E-state index contributed by atoms with van der Waals surface area (Å²) in [7, 11) is 0. The van der Waals surface area contributed by atoms with Crippen molar-refractivity contribution in [2.24, 2.45) is 0 Å². The summed E-state index contributed by atoms with van der Waals surface area (Å²) in [5.41, 5.74) is 1.98. The number of rotatable bonds is 9. The number of aromatic nitrogens is 4. The van der Waals surface area contributed by atoms with Crippen molar-refractivity contribution in [3.63, 3.8) is 0 Å². The Kier molecular flexibility index (Phi) is 6.72. The van der Waals surface area contributed by atoms with Crippen molar-refractivity contribution >= 4 is 5.91 Å². The molecule has 1 amide bonds. The Hall–Kier alpha value is -4.20. The summed E-state index contributed by atoms with van der Waals surface area (Å²) in [5, 5.41) is 11.2. The van der Waals surface area contributed by atoms with E-state index in [1.807, 2.05) is 66.9 Å². The molecule has 1 N–H and O–H groups in total. The third kappa shape index (κ3) is 5.48. The Morgan fingerprint density at radius 2 is 1.78 bits per heavy atom. The van der Waals surface area contributed by atoms with Crippen molar-refractivity contribution in [1.82, 2.24) is 24.9 Å². The molecular formula is C24H23N5O3. The van der Waals surface area contributed by atoms with E-state index in [4.69, 9.17) is 4.74 Å². The van der Waals surface area contributed by atoms with Crippen molar-refractivity contribution in [3.05, 3.63) is 107 Å². The van der Waals surface area contributed by atoms with Gasteiger partial charge in [0.1, 0.15) is 18.1 Å². The van der Waals surface area contributed by atoms with E-state index in [-0.39, 0.29) is 30.3 Å². The minimum Gasteiger partial charge on any atom is -0.492 e. The average Bonchev–Trinajstić information content (AvgIpc) is 3.36. The van der Waals surface area contributed by atoms with Crippen LogP contribution in [0.15, 0.2) is 90.0 Å². The molecule has 0 fully saturated rings. The maximum absolute atomic E-state index is 12.5. The quantitative estimate of drug-likeness (QED) is 0.441. The lowest BCUT2D eigenvalue weighted by Gasteiger charge is -2.09. The summed E-state index contributed by atoms with van der Waals surface area (Å²) in [5.74, 6) is 0.392. The molecule has 2 aromatic carbocycles. The lowest BCUT2D eigenvalue weighted by Crippen LogP contribution is -2.31. The highest BCUT2D eigenvalue weighted by atomic mass is 16.5. The molecule has 0 saturated carbocycles. The normalized spacial score (nSPS) is 10.6. The van der Waals surface area contributed by atoms with Gasteiger partial charge < -0.3 is 10.1 Å². The first kappa shape index (κ1) is 21.0. The van der Waals surface area contributed by atoms with Crippen molar-refractivity contribution in [1.29, 1.82) is 0 Å². The predicted octanol–water partition coefficient (Wildman–Crippen LogP) is 2.48. The Balaban J connectivity index is 1.28. The number of hydrogen-bond donors (Lipinski definition) is 1. The zero-order valence-electron chi connectivity index (χ0n) is 17.4. The molecular weight excluding hydrogens is 406 g/mol. The summed E-state index contributed by atoms with van der Waals surface area (Å²) in [6.45, 7) is 0.978. The molecule has 0 aliphatic rings. The smallest absolute Gasteiger partial charge is 0.271 e. The van der Waals surface area contributed by atoms with Gasteiger partial charge in [0.25, 0.3) is 11.5 Å². The fourth-order valence-electron chi connectivity index (χ4n) is 3.14. The Morgan fingerprint density at radius 1 is 0.969 bits per heavy atom. The van der Waals surface area contributed by atoms with Gasteiger partial charge in [0.2, 0.25) is 0 Å². The molecule has 162 valence electrons. The number of carbonyl (C=O) groups is 1. The van der Waals surface area contributed by atoms with Crippen LogP contribution < -0.4 is 15.6 Å². The third-order valence-electron chi connectivity index (χ3n) is 4.82. The lowest BCUT2D eigenvalue weighted by molar-refractivity contribution is 0.0946. The molecule has 4 rings (SSSR count). The van der Waals surface area contributed by atoms with Gasteiger partial charge in [-0.05, 0) is 48.4 Å². The van der Waals surface area contributed by atoms with Crippen LogP contribution in [-0.2, 0) is 13.0 Å². The highest BCUT2D eigenvalue weighted by molar-refractivity contribution is 5.91. The van der Waals surface area contributed by atoms with Crippen LogP contribution in [-0.4, -0.2) is 38.6 Å². The molecule has 32 heavy (non-hydrogen) atoms. The number of carbonyl (C=O) groups excluding carboxylic acids is 1. The molecule has 4 aromatic rings. The van der Waals surface area contributed by atoms with Crippen LogP contribution in [0.4, 0.5) is 0 Å². The van der Waals surface area contributed by atoms with Crippen molar-refractivity contribution < 1.29 is 9.53 Å². The Bertz CT molecular complexity index is 1200. The second-order valence-electron chi connectivity index (χ2n) is 7.06. The van der Waals surface area contributed by atoms with Crippen LogP contribution >= 0.6 is 0 Å². The monoisotopic (exact) mass is 429 g/mol. The van der Waals surface area contributed by atoms with E-state index in [1.54, 1.807) is 10.9 Å². The predicted molar refractivity (Wildman–Crippen MR) is 120 cm³/mol. The van der Waals surface area contributed by atoms with E-state index in [0.29, 0.717) is 18.7 Å². The van der Waals surface area contributed by atoms with Gasteiger partial charge in [-0.1, -0.05) is 30.3 Å². The topological polar surface area (TPSA) is 91.0 Å². The molecule has 0 spiro atoms. The minimum atomic E-state index is -0.323. The van der Waals surface area contributed by atoms with Crippen LogP contribution in [0.3, 0.4) is 0 Å². The van der Waals surface area contributed by atoms with Gasteiger partial charge >= 0.3 is 0 Å². The number of nitrogens with zero attached hydrogens (tertiary/aromatic N) is 4. The summed E-state index contributed by atoms with van der Waals surface area (Å²) in [6, 6.07) is 22.0. The van der Waals surface area contributed by atoms with Crippen LogP contribution in [0.2, 0.25) is 0 Å². The highest BCUT2D eigenvalue weighted by Crippen LogP contribution is 2.09. The summed E-state index contributed by atoms with van der Waals surface area (Å²) in [6.07, 6.45) is 4.29. The molecule has 2 heterocycles. The molecule has 2 aromatic heterocycles. The fourth-order valence-corrected chi connectivity index (χ4v) is 3.14. The maximum Gasteiger partial charge on any atom is 0.271 e. The minimum absolute atomic E-state index is 0.193. The van der Waals surface area contributed by atoms with E-state index in [0.717, 1.165) is 11.3 Å². The van der Waals surface area contributed by atoms with Crippen LogP contribution in [0.5, 0.6) is 5.75 Å².